The minimum atomic E-state index is -0.237. The van der Waals surface area contributed by atoms with E-state index in [1.165, 1.54) is 16.2 Å². The van der Waals surface area contributed by atoms with E-state index in [1.54, 1.807) is 13.2 Å². The van der Waals surface area contributed by atoms with Gasteiger partial charge in [-0.05, 0) is 23.6 Å². The molecule has 2 aliphatic rings. The predicted molar refractivity (Wildman–Crippen MR) is 115 cm³/mol. The van der Waals surface area contributed by atoms with Crippen LogP contribution < -0.4 is 9.64 Å². The molecule has 29 heavy (non-hydrogen) atoms. The van der Waals surface area contributed by atoms with Crippen molar-refractivity contribution in [3.05, 3.63) is 65.0 Å². The Labute approximate surface area is 174 Å². The molecular weight excluding hydrogens is 386 g/mol. The second kappa shape index (κ2) is 8.13. The molecule has 3 heterocycles. The third kappa shape index (κ3) is 3.42. The van der Waals surface area contributed by atoms with Gasteiger partial charge < -0.3 is 14.5 Å². The lowest BCUT2D eigenvalue weighted by molar-refractivity contribution is -0.136. The highest BCUT2D eigenvalue weighted by Gasteiger charge is 2.42. The highest BCUT2D eigenvalue weighted by molar-refractivity contribution is 7.11. The number of thiophene rings is 1. The number of anilines is 1. The molecule has 1 aromatic carbocycles. The van der Waals surface area contributed by atoms with Gasteiger partial charge in [-0.1, -0.05) is 24.3 Å². The molecule has 1 fully saturated rings. The summed E-state index contributed by atoms with van der Waals surface area (Å²) < 4.78 is 5.49. The summed E-state index contributed by atoms with van der Waals surface area (Å²) in [5.74, 6) is 0.368. The van der Waals surface area contributed by atoms with E-state index < -0.39 is 0 Å². The van der Waals surface area contributed by atoms with Gasteiger partial charge in [-0.3, -0.25) is 14.5 Å². The van der Waals surface area contributed by atoms with Crippen LogP contribution >= 0.6 is 11.3 Å². The standard InChI is InChI=1S/C22H23N3O3S/c1-3-10-25-21(26)19(18-9-6-15-29-18)20(22(25)27)24-13-11-23(12-14-24)16-7-4-5-8-17(16)28-2/h3-9,15H,1,10-14H2,2H3. The van der Waals surface area contributed by atoms with Gasteiger partial charge in [0.2, 0.25) is 0 Å². The number of hydrogen-bond donors (Lipinski definition) is 0. The van der Waals surface area contributed by atoms with Gasteiger partial charge in [0.1, 0.15) is 11.4 Å². The molecule has 0 unspecified atom stereocenters. The van der Waals surface area contributed by atoms with E-state index in [0.717, 1.165) is 29.4 Å². The Kier molecular flexibility index (Phi) is 5.40. The summed E-state index contributed by atoms with van der Waals surface area (Å²) in [5.41, 5.74) is 2.07. The highest BCUT2D eigenvalue weighted by atomic mass is 32.1. The summed E-state index contributed by atoms with van der Waals surface area (Å²) >= 11 is 1.48. The first-order valence-electron chi connectivity index (χ1n) is 9.54. The summed E-state index contributed by atoms with van der Waals surface area (Å²) in [7, 11) is 1.67. The van der Waals surface area contributed by atoms with Crippen LogP contribution in [0.15, 0.2) is 60.1 Å². The molecule has 0 radical (unpaired) electrons. The summed E-state index contributed by atoms with van der Waals surface area (Å²) in [6.45, 7) is 6.70. The molecule has 0 bridgehead atoms. The average Bonchev–Trinajstić information content (AvgIpc) is 3.36. The Bertz CT molecular complexity index is 959. The lowest BCUT2D eigenvalue weighted by atomic mass is 10.1. The topological polar surface area (TPSA) is 53.1 Å². The van der Waals surface area contributed by atoms with E-state index in [2.05, 4.69) is 11.5 Å². The Morgan fingerprint density at radius 2 is 1.76 bits per heavy atom. The number of amides is 2. The maximum Gasteiger partial charge on any atom is 0.278 e. The normalized spacial score (nSPS) is 17.3. The number of imide groups is 1. The number of rotatable bonds is 6. The second-order valence-corrected chi connectivity index (χ2v) is 7.80. The summed E-state index contributed by atoms with van der Waals surface area (Å²) in [5, 5.41) is 1.92. The third-order valence-electron chi connectivity index (χ3n) is 5.24. The van der Waals surface area contributed by atoms with E-state index in [0.29, 0.717) is 24.4 Å². The minimum Gasteiger partial charge on any atom is -0.495 e. The molecule has 0 saturated carbocycles. The van der Waals surface area contributed by atoms with Crippen LogP contribution in [0.4, 0.5) is 5.69 Å². The number of carbonyl (C=O) groups excluding carboxylic acids is 2. The van der Waals surface area contributed by atoms with Gasteiger partial charge in [0, 0.05) is 37.6 Å². The number of para-hydroxylation sites is 2. The lowest BCUT2D eigenvalue weighted by Crippen LogP contribution is -2.47. The van der Waals surface area contributed by atoms with E-state index in [-0.39, 0.29) is 18.4 Å². The van der Waals surface area contributed by atoms with Crippen LogP contribution in [-0.2, 0) is 9.59 Å². The highest BCUT2D eigenvalue weighted by Crippen LogP contribution is 2.35. The van der Waals surface area contributed by atoms with Crippen LogP contribution in [0.1, 0.15) is 4.88 Å². The molecule has 1 saturated heterocycles. The first-order chi connectivity index (χ1) is 14.2. The van der Waals surface area contributed by atoms with Crippen LogP contribution in [0.25, 0.3) is 5.57 Å². The molecule has 6 nitrogen and oxygen atoms in total. The first kappa shape index (κ1) is 19.3. The summed E-state index contributed by atoms with van der Waals surface area (Å²) in [6, 6.07) is 11.7. The molecule has 2 amide bonds. The van der Waals surface area contributed by atoms with Gasteiger partial charge in [0.25, 0.3) is 11.8 Å². The van der Waals surface area contributed by atoms with Crippen molar-refractivity contribution in [1.29, 1.82) is 0 Å². The van der Waals surface area contributed by atoms with Gasteiger partial charge in [-0.2, -0.15) is 0 Å². The van der Waals surface area contributed by atoms with Crippen LogP contribution in [0, 0.1) is 0 Å². The predicted octanol–water partition coefficient (Wildman–Crippen LogP) is 2.84. The zero-order valence-corrected chi connectivity index (χ0v) is 17.2. The molecule has 1 aromatic heterocycles. The molecule has 0 aliphatic carbocycles. The van der Waals surface area contributed by atoms with Gasteiger partial charge in [-0.25, -0.2) is 0 Å². The molecule has 0 N–H and O–H groups in total. The van der Waals surface area contributed by atoms with Crippen molar-refractivity contribution in [2.75, 3.05) is 44.7 Å². The number of nitrogens with zero attached hydrogens (tertiary/aromatic N) is 3. The van der Waals surface area contributed by atoms with Crippen molar-refractivity contribution < 1.29 is 14.3 Å². The fraction of sp³-hybridized carbons (Fsp3) is 0.273. The largest absolute Gasteiger partial charge is 0.495 e. The van der Waals surface area contributed by atoms with Crippen molar-refractivity contribution in [2.45, 2.75) is 0 Å². The van der Waals surface area contributed by atoms with Crippen molar-refractivity contribution in [1.82, 2.24) is 9.80 Å². The Morgan fingerprint density at radius 1 is 1.03 bits per heavy atom. The minimum absolute atomic E-state index is 0.219. The maximum atomic E-state index is 13.1. The molecule has 0 spiro atoms. The SMILES string of the molecule is C=CCN1C(=O)C(c2cccs2)=C(N2CCN(c3ccccc3OC)CC2)C1=O. The molecule has 2 aromatic rings. The number of ether oxygens (including phenoxy) is 1. The van der Waals surface area contributed by atoms with Gasteiger partial charge >= 0.3 is 0 Å². The van der Waals surface area contributed by atoms with Gasteiger partial charge in [0.05, 0.1) is 18.4 Å². The van der Waals surface area contributed by atoms with E-state index in [1.807, 2.05) is 46.7 Å². The van der Waals surface area contributed by atoms with E-state index >= 15 is 0 Å². The fourth-order valence-corrected chi connectivity index (χ4v) is 4.62. The number of hydrogen-bond acceptors (Lipinski definition) is 6. The third-order valence-corrected chi connectivity index (χ3v) is 6.13. The quantitative estimate of drug-likeness (QED) is 0.543. The van der Waals surface area contributed by atoms with Gasteiger partial charge in [-0.15, -0.1) is 17.9 Å². The van der Waals surface area contributed by atoms with Gasteiger partial charge in [0.15, 0.2) is 0 Å². The Balaban J connectivity index is 1.61. The van der Waals surface area contributed by atoms with Crippen molar-refractivity contribution in [2.24, 2.45) is 0 Å². The number of methoxy groups -OCH3 is 1. The lowest BCUT2D eigenvalue weighted by Gasteiger charge is -2.38. The number of benzene rings is 1. The van der Waals surface area contributed by atoms with Crippen molar-refractivity contribution >= 4 is 34.4 Å². The van der Waals surface area contributed by atoms with Crippen molar-refractivity contribution in [3.63, 3.8) is 0 Å². The van der Waals surface area contributed by atoms with Crippen LogP contribution in [-0.4, -0.2) is 61.4 Å². The molecule has 4 rings (SSSR count). The van der Waals surface area contributed by atoms with Crippen LogP contribution in [0.2, 0.25) is 0 Å². The maximum absolute atomic E-state index is 13.1. The smallest absolute Gasteiger partial charge is 0.278 e. The monoisotopic (exact) mass is 409 g/mol. The average molecular weight is 410 g/mol. The Hall–Kier alpha value is -3.06. The molecule has 0 atom stereocenters. The van der Waals surface area contributed by atoms with E-state index in [9.17, 15) is 9.59 Å². The Morgan fingerprint density at radius 3 is 2.41 bits per heavy atom. The summed E-state index contributed by atoms with van der Waals surface area (Å²) in [6.07, 6.45) is 1.59. The molecule has 150 valence electrons. The molecule has 7 heteroatoms. The number of carbonyl (C=O) groups is 2. The van der Waals surface area contributed by atoms with E-state index in [4.69, 9.17) is 4.74 Å². The summed E-state index contributed by atoms with van der Waals surface area (Å²) in [4.78, 5) is 32.5. The zero-order valence-electron chi connectivity index (χ0n) is 16.3. The zero-order chi connectivity index (χ0) is 20.4. The van der Waals surface area contributed by atoms with Crippen LogP contribution in [0.5, 0.6) is 5.75 Å². The van der Waals surface area contributed by atoms with Crippen molar-refractivity contribution in [3.8, 4) is 5.75 Å². The molecular formula is C22H23N3O3S. The molecule has 2 aliphatic heterocycles. The number of piperazine rings is 1. The fourth-order valence-electron chi connectivity index (χ4n) is 3.86. The first-order valence-corrected chi connectivity index (χ1v) is 10.4. The second-order valence-electron chi connectivity index (χ2n) is 6.86. The van der Waals surface area contributed by atoms with Crippen LogP contribution in [0.3, 0.4) is 0 Å².